The summed E-state index contributed by atoms with van der Waals surface area (Å²) in [6.07, 6.45) is 5.47. The second-order valence-corrected chi connectivity index (χ2v) is 8.74. The van der Waals surface area contributed by atoms with Crippen LogP contribution >= 0.6 is 6.04 Å². The molecule has 0 spiro atoms. The standard InChI is InChI=1S/C6H12NPS/c9-8-4-1-2-7(6-8)3-5-8/h1-6H2. The van der Waals surface area contributed by atoms with Gasteiger partial charge in [-0.05, 0) is 31.3 Å². The Hall–Kier alpha value is 0.610. The van der Waals surface area contributed by atoms with Crippen LogP contribution in [0.25, 0.3) is 0 Å². The molecule has 0 aliphatic carbocycles. The van der Waals surface area contributed by atoms with E-state index in [0.29, 0.717) is 0 Å². The van der Waals surface area contributed by atoms with Gasteiger partial charge in [-0.15, -0.1) is 0 Å². The average molecular weight is 161 g/mol. The van der Waals surface area contributed by atoms with Gasteiger partial charge in [0.15, 0.2) is 0 Å². The van der Waals surface area contributed by atoms with E-state index in [1.165, 1.54) is 38.1 Å². The number of nitrogens with zero attached hydrogens (tertiary/aromatic N) is 1. The Morgan fingerprint density at radius 2 is 2.11 bits per heavy atom. The first-order valence-corrected chi connectivity index (χ1v) is 6.94. The van der Waals surface area contributed by atoms with Crippen LogP contribution in [0.3, 0.4) is 0 Å². The van der Waals surface area contributed by atoms with Gasteiger partial charge in [0.1, 0.15) is 0 Å². The average Bonchev–Trinajstić information content (AvgIpc) is 2.07. The van der Waals surface area contributed by atoms with Crippen LogP contribution in [0.5, 0.6) is 0 Å². The van der Waals surface area contributed by atoms with Gasteiger partial charge >= 0.3 is 0 Å². The zero-order valence-electron chi connectivity index (χ0n) is 5.55. The third-order valence-electron chi connectivity index (χ3n) is 2.32. The fraction of sp³-hybridized carbons (Fsp3) is 1.00. The second kappa shape index (κ2) is 2.05. The molecule has 2 atom stereocenters. The van der Waals surface area contributed by atoms with Gasteiger partial charge < -0.3 is 0 Å². The van der Waals surface area contributed by atoms with E-state index >= 15 is 0 Å². The topological polar surface area (TPSA) is 3.24 Å². The van der Waals surface area contributed by atoms with Gasteiger partial charge in [0.2, 0.25) is 0 Å². The Bertz CT molecular complexity index is 162. The van der Waals surface area contributed by atoms with E-state index in [9.17, 15) is 0 Å². The number of hydrogen-bond donors (Lipinski definition) is 0. The number of rotatable bonds is 0. The maximum Gasteiger partial charge on any atom is 0.0276 e. The first-order chi connectivity index (χ1) is 4.29. The minimum Gasteiger partial charge on any atom is -0.298 e. The van der Waals surface area contributed by atoms with Crippen molar-refractivity contribution in [1.82, 2.24) is 4.90 Å². The molecule has 0 aromatic carbocycles. The minimum atomic E-state index is -0.761. The van der Waals surface area contributed by atoms with E-state index < -0.39 is 6.04 Å². The molecule has 2 heterocycles. The van der Waals surface area contributed by atoms with E-state index in [0.717, 1.165) is 0 Å². The van der Waals surface area contributed by atoms with E-state index in [-0.39, 0.29) is 0 Å². The van der Waals surface area contributed by atoms with Crippen molar-refractivity contribution in [3.63, 3.8) is 0 Å². The van der Waals surface area contributed by atoms with Crippen molar-refractivity contribution in [3.8, 4) is 0 Å². The van der Waals surface area contributed by atoms with E-state index in [4.69, 9.17) is 11.8 Å². The zero-order valence-corrected chi connectivity index (χ0v) is 7.26. The molecule has 2 bridgehead atoms. The molecule has 0 saturated carbocycles. The van der Waals surface area contributed by atoms with Crippen LogP contribution < -0.4 is 0 Å². The summed E-state index contributed by atoms with van der Waals surface area (Å²) >= 11 is 5.57. The molecule has 2 aliphatic rings. The lowest BCUT2D eigenvalue weighted by molar-refractivity contribution is 0.351. The van der Waals surface area contributed by atoms with Crippen molar-refractivity contribution in [2.45, 2.75) is 6.42 Å². The lowest BCUT2D eigenvalue weighted by Crippen LogP contribution is -2.24. The van der Waals surface area contributed by atoms with Crippen molar-refractivity contribution < 1.29 is 0 Å². The third-order valence-corrected chi connectivity index (χ3v) is 6.83. The van der Waals surface area contributed by atoms with Gasteiger partial charge in [0, 0.05) is 12.8 Å². The van der Waals surface area contributed by atoms with E-state index in [1.54, 1.807) is 0 Å². The van der Waals surface area contributed by atoms with Crippen LogP contribution in [-0.2, 0) is 11.8 Å². The maximum absolute atomic E-state index is 5.57. The van der Waals surface area contributed by atoms with Crippen molar-refractivity contribution in [2.75, 3.05) is 31.7 Å². The van der Waals surface area contributed by atoms with E-state index in [1.807, 2.05) is 0 Å². The fourth-order valence-corrected chi connectivity index (χ4v) is 5.78. The lowest BCUT2D eigenvalue weighted by atomic mass is 10.4. The molecule has 2 unspecified atom stereocenters. The van der Waals surface area contributed by atoms with Crippen LogP contribution in [0.15, 0.2) is 0 Å². The zero-order chi connectivity index (χ0) is 6.32. The maximum atomic E-state index is 5.57. The van der Waals surface area contributed by atoms with Gasteiger partial charge in [-0.1, -0.05) is 11.8 Å². The van der Waals surface area contributed by atoms with Crippen LogP contribution in [0.2, 0.25) is 0 Å². The molecular weight excluding hydrogens is 149 g/mol. The van der Waals surface area contributed by atoms with Crippen LogP contribution in [0, 0.1) is 0 Å². The molecule has 2 saturated heterocycles. The summed E-state index contributed by atoms with van der Waals surface area (Å²) < 4.78 is 0. The summed E-state index contributed by atoms with van der Waals surface area (Å²) in [7, 11) is 0. The smallest absolute Gasteiger partial charge is 0.0276 e. The normalized spacial score (nSPS) is 49.6. The van der Waals surface area contributed by atoms with Crippen molar-refractivity contribution in [1.29, 1.82) is 0 Å². The van der Waals surface area contributed by atoms with Gasteiger partial charge in [-0.2, -0.15) is 0 Å². The summed E-state index contributed by atoms with van der Waals surface area (Å²) in [6.45, 7) is 2.65. The first-order valence-electron chi connectivity index (χ1n) is 3.58. The molecule has 2 fully saturated rings. The van der Waals surface area contributed by atoms with E-state index in [2.05, 4.69) is 4.90 Å². The molecule has 9 heavy (non-hydrogen) atoms. The highest BCUT2D eigenvalue weighted by molar-refractivity contribution is 8.14. The molecule has 3 heteroatoms. The molecule has 0 amide bonds. The van der Waals surface area contributed by atoms with Gasteiger partial charge in [0.25, 0.3) is 0 Å². The highest BCUT2D eigenvalue weighted by atomic mass is 32.4. The summed E-state index contributed by atoms with van der Waals surface area (Å²) in [5, 5.41) is 0. The molecule has 0 N–H and O–H groups in total. The Morgan fingerprint density at radius 3 is 2.78 bits per heavy atom. The Kier molecular flexibility index (Phi) is 1.44. The molecule has 2 rings (SSSR count). The molecule has 1 nitrogen and oxygen atoms in total. The third kappa shape index (κ3) is 1.09. The predicted molar refractivity (Wildman–Crippen MR) is 45.1 cm³/mol. The van der Waals surface area contributed by atoms with Crippen LogP contribution in [-0.4, -0.2) is 36.6 Å². The highest BCUT2D eigenvalue weighted by Gasteiger charge is 2.31. The summed E-state index contributed by atoms with van der Waals surface area (Å²) in [6, 6.07) is -0.761. The quantitative estimate of drug-likeness (QED) is 0.490. The van der Waals surface area contributed by atoms with Crippen LogP contribution in [0.4, 0.5) is 0 Å². The first kappa shape index (κ1) is 6.33. The Labute approximate surface area is 61.4 Å². The Balaban J connectivity index is 2.22. The molecule has 0 radical (unpaired) electrons. The fourth-order valence-electron chi connectivity index (χ4n) is 1.78. The monoisotopic (exact) mass is 161 g/mol. The van der Waals surface area contributed by atoms with Crippen molar-refractivity contribution in [3.05, 3.63) is 0 Å². The van der Waals surface area contributed by atoms with Gasteiger partial charge in [-0.25, -0.2) is 0 Å². The molecule has 0 aromatic rings. The summed E-state index contributed by atoms with van der Waals surface area (Å²) in [5.41, 5.74) is 0. The molecule has 0 aromatic heterocycles. The number of hydrogen-bond acceptors (Lipinski definition) is 2. The summed E-state index contributed by atoms with van der Waals surface area (Å²) in [5.74, 6) is 0. The van der Waals surface area contributed by atoms with Gasteiger partial charge in [-0.3, -0.25) is 4.90 Å². The molecule has 52 valence electrons. The van der Waals surface area contributed by atoms with Crippen molar-refractivity contribution >= 4 is 17.8 Å². The van der Waals surface area contributed by atoms with Crippen LogP contribution in [0.1, 0.15) is 6.42 Å². The predicted octanol–water partition coefficient (Wildman–Crippen LogP) is 1.14. The highest BCUT2D eigenvalue weighted by Crippen LogP contribution is 2.53. The summed E-state index contributed by atoms with van der Waals surface area (Å²) in [4.78, 5) is 2.55. The largest absolute Gasteiger partial charge is 0.298 e. The van der Waals surface area contributed by atoms with Crippen molar-refractivity contribution in [2.24, 2.45) is 0 Å². The molecular formula is C6H12NPS. The lowest BCUT2D eigenvalue weighted by Gasteiger charge is -2.23. The Morgan fingerprint density at radius 1 is 1.22 bits per heavy atom. The number of fused-ring (bicyclic) bond motifs is 2. The molecule has 2 aliphatic heterocycles. The second-order valence-electron chi connectivity index (χ2n) is 3.12. The van der Waals surface area contributed by atoms with Gasteiger partial charge in [0.05, 0.1) is 0 Å². The SMILES string of the molecule is S=P12CCCN(CC1)C2. The minimum absolute atomic E-state index is 0.761.